The number of hydrogen-bond donors (Lipinski definition) is 2. The third-order valence-electron chi connectivity index (χ3n) is 3.52. The normalized spacial score (nSPS) is 17.8. The van der Waals surface area contributed by atoms with E-state index in [9.17, 15) is 22.8 Å². The molecule has 1 atom stereocenters. The number of hydrogen-bond acceptors (Lipinski definition) is 4. The molecule has 6 nitrogen and oxygen atoms in total. The van der Waals surface area contributed by atoms with Gasteiger partial charge in [-0.05, 0) is 24.6 Å². The Hall–Kier alpha value is -2.13. The van der Waals surface area contributed by atoms with Crippen LogP contribution < -0.4 is 10.6 Å². The highest BCUT2D eigenvalue weighted by Gasteiger charge is 2.28. The Morgan fingerprint density at radius 3 is 2.68 bits per heavy atom. The largest absolute Gasteiger partial charge is 0.405 e. The van der Waals surface area contributed by atoms with Crippen LogP contribution in [-0.4, -0.2) is 50.5 Å². The minimum atomic E-state index is -4.49. The Morgan fingerprint density at radius 1 is 1.28 bits per heavy atom. The van der Waals surface area contributed by atoms with E-state index in [1.165, 1.54) is 12.1 Å². The summed E-state index contributed by atoms with van der Waals surface area (Å²) in [6.07, 6.45) is -4.74. The van der Waals surface area contributed by atoms with Gasteiger partial charge in [-0.15, -0.1) is 0 Å². The van der Waals surface area contributed by atoms with E-state index in [0.29, 0.717) is 31.1 Å². The van der Waals surface area contributed by atoms with E-state index >= 15 is 0 Å². The zero-order chi connectivity index (χ0) is 18.4. The van der Waals surface area contributed by atoms with Gasteiger partial charge >= 0.3 is 6.18 Å². The summed E-state index contributed by atoms with van der Waals surface area (Å²) in [6.45, 7) is 1.54. The molecule has 1 saturated heterocycles. The summed E-state index contributed by atoms with van der Waals surface area (Å²) < 4.78 is 47.1. The summed E-state index contributed by atoms with van der Waals surface area (Å²) in [4.78, 5) is 23.9. The van der Waals surface area contributed by atoms with E-state index in [1.54, 1.807) is 18.3 Å². The molecule has 1 aliphatic rings. The van der Waals surface area contributed by atoms with E-state index in [0.717, 1.165) is 0 Å². The van der Waals surface area contributed by atoms with Gasteiger partial charge in [0.2, 0.25) is 5.91 Å². The van der Waals surface area contributed by atoms with Crippen molar-refractivity contribution < 1.29 is 32.2 Å². The maximum absolute atomic E-state index is 12.2. The molecule has 1 aromatic carbocycles. The van der Waals surface area contributed by atoms with Gasteiger partial charge in [-0.2, -0.15) is 13.2 Å². The van der Waals surface area contributed by atoms with E-state index in [-0.39, 0.29) is 24.0 Å². The van der Waals surface area contributed by atoms with Crippen LogP contribution in [0.15, 0.2) is 18.2 Å². The van der Waals surface area contributed by atoms with Gasteiger partial charge in [0, 0.05) is 11.3 Å². The fourth-order valence-electron chi connectivity index (χ4n) is 2.24. The molecule has 1 aromatic rings. The highest BCUT2D eigenvalue weighted by atomic mass is 19.4. The lowest BCUT2D eigenvalue weighted by Crippen LogP contribution is -2.34. The fraction of sp³-hybridized carbons (Fsp3) is 0.500. The summed E-state index contributed by atoms with van der Waals surface area (Å²) in [6, 6.07) is 4.30. The highest BCUT2D eigenvalue weighted by molar-refractivity contribution is 5.97. The number of halogens is 3. The van der Waals surface area contributed by atoms with Crippen LogP contribution in [0.5, 0.6) is 0 Å². The number of benzene rings is 1. The first kappa shape index (κ1) is 19.2. The molecule has 1 heterocycles. The lowest BCUT2D eigenvalue weighted by Gasteiger charge is -2.22. The van der Waals surface area contributed by atoms with Crippen LogP contribution in [-0.2, 0) is 14.3 Å². The van der Waals surface area contributed by atoms with Crippen LogP contribution in [0.25, 0.3) is 0 Å². The number of nitrogens with one attached hydrogen (secondary N) is 2. The first-order valence-electron chi connectivity index (χ1n) is 7.69. The molecular formula is C16H19F3N2O4. The number of amides is 2. The Bertz CT molecular complexity index is 628. The molecule has 25 heavy (non-hydrogen) atoms. The van der Waals surface area contributed by atoms with Crippen LogP contribution >= 0.6 is 0 Å². The second-order valence-corrected chi connectivity index (χ2v) is 5.65. The van der Waals surface area contributed by atoms with E-state index in [1.807, 2.05) is 0 Å². The standard InChI is InChI=1S/C16H19F3N2O4/c1-10-2-3-11(15(23)20-9-16(17,18)19)6-13(10)21-14(22)7-12-8-24-4-5-25-12/h2-3,6,12H,4-5,7-9H2,1H3,(H,20,23)(H,21,22). The van der Waals surface area contributed by atoms with Gasteiger partial charge in [0.05, 0.1) is 32.3 Å². The van der Waals surface area contributed by atoms with E-state index in [4.69, 9.17) is 9.47 Å². The molecule has 9 heteroatoms. The maximum Gasteiger partial charge on any atom is 0.405 e. The smallest absolute Gasteiger partial charge is 0.376 e. The molecular weight excluding hydrogens is 341 g/mol. The summed E-state index contributed by atoms with van der Waals surface area (Å²) in [5.41, 5.74) is 1.07. The second-order valence-electron chi connectivity index (χ2n) is 5.65. The molecule has 2 N–H and O–H groups in total. The molecule has 1 fully saturated rings. The van der Waals surface area contributed by atoms with Crippen molar-refractivity contribution >= 4 is 17.5 Å². The van der Waals surface area contributed by atoms with Gasteiger partial charge in [-0.25, -0.2) is 0 Å². The molecule has 0 saturated carbocycles. The number of alkyl halides is 3. The van der Waals surface area contributed by atoms with E-state index < -0.39 is 18.6 Å². The molecule has 0 aromatic heterocycles. The van der Waals surface area contributed by atoms with Gasteiger partial charge in [-0.1, -0.05) is 6.07 Å². The van der Waals surface area contributed by atoms with Crippen LogP contribution in [0, 0.1) is 6.92 Å². The van der Waals surface area contributed by atoms with Crippen LogP contribution in [0.4, 0.5) is 18.9 Å². The van der Waals surface area contributed by atoms with Gasteiger partial charge in [0.25, 0.3) is 5.91 Å². The molecule has 0 aliphatic carbocycles. The van der Waals surface area contributed by atoms with Gasteiger partial charge in [0.15, 0.2) is 0 Å². The summed E-state index contributed by atoms with van der Waals surface area (Å²) in [5, 5.41) is 4.44. The molecule has 2 rings (SSSR count). The summed E-state index contributed by atoms with van der Waals surface area (Å²) in [5.74, 6) is -1.19. The van der Waals surface area contributed by atoms with Gasteiger partial charge in [0.1, 0.15) is 6.54 Å². The molecule has 138 valence electrons. The maximum atomic E-state index is 12.2. The minimum absolute atomic E-state index is 0.0300. The first-order chi connectivity index (χ1) is 11.7. The molecule has 0 radical (unpaired) electrons. The van der Waals surface area contributed by atoms with Crippen molar-refractivity contribution in [2.45, 2.75) is 25.6 Å². The van der Waals surface area contributed by atoms with E-state index in [2.05, 4.69) is 5.32 Å². The second kappa shape index (κ2) is 8.30. The monoisotopic (exact) mass is 360 g/mol. The summed E-state index contributed by atoms with van der Waals surface area (Å²) in [7, 11) is 0. The number of carbonyl (C=O) groups excluding carboxylic acids is 2. The quantitative estimate of drug-likeness (QED) is 0.842. The molecule has 0 bridgehead atoms. The molecule has 1 unspecified atom stereocenters. The van der Waals surface area contributed by atoms with Crippen molar-refractivity contribution in [1.82, 2.24) is 5.32 Å². The van der Waals surface area contributed by atoms with Crippen molar-refractivity contribution in [2.75, 3.05) is 31.7 Å². The van der Waals surface area contributed by atoms with Gasteiger partial charge in [-0.3, -0.25) is 9.59 Å². The first-order valence-corrected chi connectivity index (χ1v) is 7.69. The summed E-state index contributed by atoms with van der Waals surface area (Å²) >= 11 is 0. The third kappa shape index (κ3) is 6.35. The third-order valence-corrected chi connectivity index (χ3v) is 3.52. The zero-order valence-corrected chi connectivity index (χ0v) is 13.6. The zero-order valence-electron chi connectivity index (χ0n) is 13.6. The lowest BCUT2D eigenvalue weighted by molar-refractivity contribution is -0.126. The number of rotatable bonds is 5. The lowest BCUT2D eigenvalue weighted by atomic mass is 10.1. The van der Waals surface area contributed by atoms with Crippen LogP contribution in [0.1, 0.15) is 22.3 Å². The SMILES string of the molecule is Cc1ccc(C(=O)NCC(F)(F)F)cc1NC(=O)CC1COCCO1. The van der Waals surface area contributed by atoms with Crippen molar-refractivity contribution in [3.05, 3.63) is 29.3 Å². The number of ether oxygens (including phenoxy) is 2. The average molecular weight is 360 g/mol. The highest BCUT2D eigenvalue weighted by Crippen LogP contribution is 2.19. The van der Waals surface area contributed by atoms with Crippen molar-refractivity contribution in [3.8, 4) is 0 Å². The van der Waals surface area contributed by atoms with Crippen LogP contribution in [0.2, 0.25) is 0 Å². The molecule has 0 spiro atoms. The average Bonchev–Trinajstić information content (AvgIpc) is 2.55. The minimum Gasteiger partial charge on any atom is -0.376 e. The predicted octanol–water partition coefficient (Wildman–Crippen LogP) is 2.03. The fourth-order valence-corrected chi connectivity index (χ4v) is 2.24. The molecule has 2 amide bonds. The van der Waals surface area contributed by atoms with Gasteiger partial charge < -0.3 is 20.1 Å². The predicted molar refractivity (Wildman–Crippen MR) is 83.4 cm³/mol. The van der Waals surface area contributed by atoms with Crippen molar-refractivity contribution in [3.63, 3.8) is 0 Å². The number of anilines is 1. The molecule has 1 aliphatic heterocycles. The van der Waals surface area contributed by atoms with Crippen LogP contribution in [0.3, 0.4) is 0 Å². The topological polar surface area (TPSA) is 76.7 Å². The van der Waals surface area contributed by atoms with Crippen molar-refractivity contribution in [2.24, 2.45) is 0 Å². The Labute approximate surface area is 142 Å². The van der Waals surface area contributed by atoms with Crippen molar-refractivity contribution in [1.29, 1.82) is 0 Å². The Morgan fingerprint density at radius 2 is 2.04 bits per heavy atom. The Balaban J connectivity index is 1.97. The Kier molecular flexibility index (Phi) is 6.38. The number of carbonyl (C=O) groups is 2. The number of aryl methyl sites for hydroxylation is 1.